The van der Waals surface area contributed by atoms with Gasteiger partial charge in [0.25, 0.3) is 0 Å². The van der Waals surface area contributed by atoms with Gasteiger partial charge in [0.2, 0.25) is 0 Å². The van der Waals surface area contributed by atoms with E-state index in [2.05, 4.69) is 27.7 Å². The lowest BCUT2D eigenvalue weighted by Crippen LogP contribution is -2.02. The molecule has 4 heteroatoms. The standard InChI is InChI=1S/C7H9IN2O/c8-6-3-9-10(5-1-2-5)7(6)4-11/h3,5,11H,1-2,4H2. The van der Waals surface area contributed by atoms with Crippen molar-refractivity contribution in [3.8, 4) is 0 Å². The molecule has 1 aliphatic rings. The van der Waals surface area contributed by atoms with Gasteiger partial charge in [-0.2, -0.15) is 5.10 Å². The van der Waals surface area contributed by atoms with E-state index in [1.165, 1.54) is 12.8 Å². The molecule has 0 aromatic carbocycles. The van der Waals surface area contributed by atoms with E-state index in [0.29, 0.717) is 6.04 Å². The minimum Gasteiger partial charge on any atom is -0.390 e. The molecule has 0 saturated heterocycles. The number of nitrogens with zero attached hydrogens (tertiary/aromatic N) is 2. The largest absolute Gasteiger partial charge is 0.390 e. The zero-order valence-corrected chi connectivity index (χ0v) is 8.15. The van der Waals surface area contributed by atoms with Gasteiger partial charge in [-0.25, -0.2) is 0 Å². The Morgan fingerprint density at radius 2 is 2.45 bits per heavy atom. The zero-order valence-electron chi connectivity index (χ0n) is 6.00. The van der Waals surface area contributed by atoms with Gasteiger partial charge in [-0.05, 0) is 35.4 Å². The highest BCUT2D eigenvalue weighted by molar-refractivity contribution is 14.1. The molecule has 1 heterocycles. The quantitative estimate of drug-likeness (QED) is 0.818. The number of aliphatic hydroxyl groups is 1. The fourth-order valence-corrected chi connectivity index (χ4v) is 1.69. The Kier molecular flexibility index (Phi) is 1.88. The van der Waals surface area contributed by atoms with Gasteiger partial charge in [0.1, 0.15) is 0 Å². The van der Waals surface area contributed by atoms with E-state index in [4.69, 9.17) is 5.11 Å². The van der Waals surface area contributed by atoms with Crippen LogP contribution in [0.15, 0.2) is 6.20 Å². The molecule has 1 fully saturated rings. The molecule has 0 atom stereocenters. The van der Waals surface area contributed by atoms with Gasteiger partial charge < -0.3 is 5.11 Å². The predicted molar refractivity (Wildman–Crippen MR) is 49.1 cm³/mol. The fourth-order valence-electron chi connectivity index (χ4n) is 1.15. The van der Waals surface area contributed by atoms with E-state index >= 15 is 0 Å². The first-order valence-corrected chi connectivity index (χ1v) is 4.73. The monoisotopic (exact) mass is 264 g/mol. The molecule has 1 saturated carbocycles. The maximum absolute atomic E-state index is 9.00. The summed E-state index contributed by atoms with van der Waals surface area (Å²) in [7, 11) is 0. The summed E-state index contributed by atoms with van der Waals surface area (Å²) < 4.78 is 3.01. The van der Waals surface area contributed by atoms with Crippen LogP contribution in [0.5, 0.6) is 0 Å². The maximum atomic E-state index is 9.00. The third kappa shape index (κ3) is 1.29. The van der Waals surface area contributed by atoms with Gasteiger partial charge in [-0.3, -0.25) is 4.68 Å². The van der Waals surface area contributed by atoms with Crippen LogP contribution in [0.3, 0.4) is 0 Å². The number of aliphatic hydroxyl groups excluding tert-OH is 1. The lowest BCUT2D eigenvalue weighted by Gasteiger charge is -2.01. The normalized spacial score (nSPS) is 17.3. The van der Waals surface area contributed by atoms with Crippen LogP contribution in [0.2, 0.25) is 0 Å². The molecule has 0 bridgehead atoms. The minimum atomic E-state index is 0.106. The second-order valence-corrected chi connectivity index (χ2v) is 3.94. The molecule has 60 valence electrons. The fraction of sp³-hybridized carbons (Fsp3) is 0.571. The molecule has 1 aliphatic carbocycles. The van der Waals surface area contributed by atoms with Crippen LogP contribution in [0.25, 0.3) is 0 Å². The first-order chi connectivity index (χ1) is 5.33. The van der Waals surface area contributed by atoms with E-state index in [-0.39, 0.29) is 6.61 Å². The summed E-state index contributed by atoms with van der Waals surface area (Å²) in [5.74, 6) is 0. The molecule has 1 aromatic heterocycles. The summed E-state index contributed by atoms with van der Waals surface area (Å²) in [5.41, 5.74) is 0.966. The Hall–Kier alpha value is -0.100. The van der Waals surface area contributed by atoms with Crippen molar-refractivity contribution in [2.24, 2.45) is 0 Å². The van der Waals surface area contributed by atoms with Crippen LogP contribution < -0.4 is 0 Å². The van der Waals surface area contributed by atoms with Crippen molar-refractivity contribution in [2.75, 3.05) is 0 Å². The molecule has 3 nitrogen and oxygen atoms in total. The van der Waals surface area contributed by atoms with Crippen molar-refractivity contribution >= 4 is 22.6 Å². The summed E-state index contributed by atoms with van der Waals surface area (Å²) in [6.45, 7) is 0.106. The first kappa shape index (κ1) is 7.54. The van der Waals surface area contributed by atoms with Crippen molar-refractivity contribution < 1.29 is 5.11 Å². The van der Waals surface area contributed by atoms with E-state index in [0.717, 1.165) is 9.26 Å². The van der Waals surface area contributed by atoms with Gasteiger partial charge in [0, 0.05) is 0 Å². The lowest BCUT2D eigenvalue weighted by atomic mass is 10.4. The van der Waals surface area contributed by atoms with Crippen LogP contribution in [-0.4, -0.2) is 14.9 Å². The smallest absolute Gasteiger partial charge is 0.0860 e. The van der Waals surface area contributed by atoms with Crippen LogP contribution in [-0.2, 0) is 6.61 Å². The van der Waals surface area contributed by atoms with Crippen molar-refractivity contribution in [1.29, 1.82) is 0 Å². The molecular weight excluding hydrogens is 255 g/mol. The molecule has 1 aromatic rings. The Morgan fingerprint density at radius 3 is 3.00 bits per heavy atom. The Balaban J connectivity index is 2.36. The van der Waals surface area contributed by atoms with Crippen LogP contribution >= 0.6 is 22.6 Å². The van der Waals surface area contributed by atoms with Gasteiger partial charge in [0.15, 0.2) is 0 Å². The maximum Gasteiger partial charge on any atom is 0.0860 e. The molecular formula is C7H9IN2O. The van der Waals surface area contributed by atoms with Gasteiger partial charge in [0.05, 0.1) is 28.1 Å². The Bertz CT molecular complexity index is 267. The Labute approximate surface area is 78.5 Å². The number of aromatic nitrogens is 2. The third-order valence-electron chi connectivity index (χ3n) is 1.89. The highest BCUT2D eigenvalue weighted by atomic mass is 127. The van der Waals surface area contributed by atoms with Crippen molar-refractivity contribution in [2.45, 2.75) is 25.5 Å². The minimum absolute atomic E-state index is 0.106. The summed E-state index contributed by atoms with van der Waals surface area (Å²) in [6, 6.07) is 0.570. The molecule has 0 aliphatic heterocycles. The Morgan fingerprint density at radius 1 is 1.73 bits per heavy atom. The van der Waals surface area contributed by atoms with Gasteiger partial charge in [-0.15, -0.1) is 0 Å². The highest BCUT2D eigenvalue weighted by Gasteiger charge is 2.26. The number of rotatable bonds is 2. The lowest BCUT2D eigenvalue weighted by molar-refractivity contribution is 0.267. The van der Waals surface area contributed by atoms with Crippen molar-refractivity contribution in [3.05, 3.63) is 15.5 Å². The summed E-state index contributed by atoms with van der Waals surface area (Å²) in [4.78, 5) is 0. The van der Waals surface area contributed by atoms with E-state index in [1.807, 2.05) is 10.9 Å². The average molecular weight is 264 g/mol. The number of hydrogen-bond donors (Lipinski definition) is 1. The van der Waals surface area contributed by atoms with E-state index in [9.17, 15) is 0 Å². The number of hydrogen-bond acceptors (Lipinski definition) is 2. The summed E-state index contributed by atoms with van der Waals surface area (Å²) >= 11 is 2.20. The molecule has 0 spiro atoms. The third-order valence-corrected chi connectivity index (χ3v) is 2.79. The summed E-state index contributed by atoms with van der Waals surface area (Å²) in [5, 5.41) is 13.2. The van der Waals surface area contributed by atoms with Gasteiger partial charge >= 0.3 is 0 Å². The molecule has 0 amide bonds. The molecule has 1 N–H and O–H groups in total. The van der Waals surface area contributed by atoms with Gasteiger partial charge in [-0.1, -0.05) is 0 Å². The molecule has 2 rings (SSSR count). The second kappa shape index (κ2) is 2.75. The second-order valence-electron chi connectivity index (χ2n) is 2.77. The van der Waals surface area contributed by atoms with Crippen molar-refractivity contribution in [1.82, 2.24) is 9.78 Å². The zero-order chi connectivity index (χ0) is 7.84. The SMILES string of the molecule is OCc1c(I)cnn1C1CC1. The number of halogens is 1. The predicted octanol–water partition coefficient (Wildman–Crippen LogP) is 1.31. The van der Waals surface area contributed by atoms with Crippen LogP contribution in [0, 0.1) is 3.57 Å². The summed E-state index contributed by atoms with van der Waals surface area (Å²) in [6.07, 6.45) is 4.24. The van der Waals surface area contributed by atoms with Crippen molar-refractivity contribution in [3.63, 3.8) is 0 Å². The van der Waals surface area contributed by atoms with Crippen LogP contribution in [0.4, 0.5) is 0 Å². The topological polar surface area (TPSA) is 38.1 Å². The van der Waals surface area contributed by atoms with E-state index < -0.39 is 0 Å². The first-order valence-electron chi connectivity index (χ1n) is 3.65. The van der Waals surface area contributed by atoms with E-state index in [1.54, 1.807) is 0 Å². The molecule has 0 unspecified atom stereocenters. The average Bonchev–Trinajstić information content (AvgIpc) is 2.76. The molecule has 0 radical (unpaired) electrons. The van der Waals surface area contributed by atoms with Crippen LogP contribution in [0.1, 0.15) is 24.6 Å². The molecule has 11 heavy (non-hydrogen) atoms. The highest BCUT2D eigenvalue weighted by Crippen LogP contribution is 2.35.